The molecule has 4 nitrogen and oxygen atoms in total. The molecule has 3 unspecified atom stereocenters. The van der Waals surface area contributed by atoms with Gasteiger partial charge in [-0.3, -0.25) is 9.59 Å². The van der Waals surface area contributed by atoms with Crippen molar-refractivity contribution >= 4 is 11.8 Å². The summed E-state index contributed by atoms with van der Waals surface area (Å²) in [5, 5.41) is 0. The Labute approximate surface area is 155 Å². The number of carbonyl (C=O) groups is 2. The largest absolute Gasteiger partial charge is 0.342 e. The average Bonchev–Trinajstić information content (AvgIpc) is 2.62. The molecule has 2 fully saturated rings. The molecule has 0 bridgehead atoms. The van der Waals surface area contributed by atoms with Gasteiger partial charge in [-0.05, 0) is 48.8 Å². The van der Waals surface area contributed by atoms with E-state index in [2.05, 4.69) is 13.8 Å². The van der Waals surface area contributed by atoms with Crippen LogP contribution >= 0.6 is 0 Å². The molecule has 142 valence electrons. The summed E-state index contributed by atoms with van der Waals surface area (Å²) in [4.78, 5) is 29.4. The fourth-order valence-corrected chi connectivity index (χ4v) is 4.40. The average molecular weight is 360 g/mol. The summed E-state index contributed by atoms with van der Waals surface area (Å²) >= 11 is 0. The highest BCUT2D eigenvalue weighted by atomic mass is 19.1. The molecule has 3 rings (SSSR count). The number of carbonyl (C=O) groups excluding carboxylic acids is 2. The third kappa shape index (κ3) is 4.63. The summed E-state index contributed by atoms with van der Waals surface area (Å²) in [5.41, 5.74) is 0.809. The van der Waals surface area contributed by atoms with Crippen LogP contribution in [-0.2, 0) is 16.0 Å². The number of hydrogen-bond acceptors (Lipinski definition) is 2. The van der Waals surface area contributed by atoms with E-state index in [1.807, 2.05) is 9.80 Å². The lowest BCUT2D eigenvalue weighted by Crippen LogP contribution is -2.50. The Balaban J connectivity index is 1.58. The summed E-state index contributed by atoms with van der Waals surface area (Å²) < 4.78 is 13.0. The fourth-order valence-electron chi connectivity index (χ4n) is 4.40. The topological polar surface area (TPSA) is 40.6 Å². The van der Waals surface area contributed by atoms with E-state index in [-0.39, 0.29) is 30.0 Å². The van der Waals surface area contributed by atoms with Crippen LogP contribution in [0.25, 0.3) is 0 Å². The molecule has 0 radical (unpaired) electrons. The maximum Gasteiger partial charge on any atom is 0.227 e. The fraction of sp³-hybridized carbons (Fsp3) is 0.619. The van der Waals surface area contributed by atoms with Crippen molar-refractivity contribution in [2.75, 3.05) is 26.2 Å². The van der Waals surface area contributed by atoms with Crippen molar-refractivity contribution in [1.29, 1.82) is 0 Å². The zero-order valence-electron chi connectivity index (χ0n) is 15.8. The molecule has 26 heavy (non-hydrogen) atoms. The molecule has 2 amide bonds. The van der Waals surface area contributed by atoms with Crippen molar-refractivity contribution in [1.82, 2.24) is 9.80 Å². The number of rotatable bonds is 3. The summed E-state index contributed by atoms with van der Waals surface area (Å²) in [6.07, 6.45) is 3.17. The van der Waals surface area contributed by atoms with E-state index in [1.165, 1.54) is 18.6 Å². The van der Waals surface area contributed by atoms with Gasteiger partial charge < -0.3 is 9.80 Å². The molecule has 2 aliphatic heterocycles. The van der Waals surface area contributed by atoms with Gasteiger partial charge in [0.2, 0.25) is 11.8 Å². The predicted octanol–water partition coefficient (Wildman–Crippen LogP) is 3.11. The van der Waals surface area contributed by atoms with Crippen molar-refractivity contribution in [3.05, 3.63) is 35.6 Å². The van der Waals surface area contributed by atoms with Gasteiger partial charge in [0.05, 0.1) is 12.3 Å². The minimum Gasteiger partial charge on any atom is -0.342 e. The molecule has 0 aliphatic carbocycles. The normalized spacial score (nSPS) is 26.7. The van der Waals surface area contributed by atoms with E-state index in [9.17, 15) is 14.0 Å². The van der Waals surface area contributed by atoms with Crippen molar-refractivity contribution in [3.8, 4) is 0 Å². The predicted molar refractivity (Wildman–Crippen MR) is 98.9 cm³/mol. The maximum atomic E-state index is 13.0. The molecule has 0 aromatic heterocycles. The van der Waals surface area contributed by atoms with Crippen LogP contribution in [0.3, 0.4) is 0 Å². The quantitative estimate of drug-likeness (QED) is 0.831. The molecule has 1 aromatic carbocycles. The number of likely N-dealkylation sites (tertiary alicyclic amines) is 2. The Morgan fingerprint density at radius 1 is 1.04 bits per heavy atom. The first-order valence-corrected chi connectivity index (χ1v) is 9.73. The third-order valence-electron chi connectivity index (χ3n) is 5.57. The lowest BCUT2D eigenvalue weighted by molar-refractivity contribution is -0.142. The Morgan fingerprint density at radius 2 is 1.69 bits per heavy atom. The van der Waals surface area contributed by atoms with Gasteiger partial charge in [-0.1, -0.05) is 26.0 Å². The molecule has 3 atom stereocenters. The van der Waals surface area contributed by atoms with Crippen LogP contribution in [0, 0.1) is 23.6 Å². The number of benzene rings is 1. The molecule has 0 saturated carbocycles. The first-order valence-electron chi connectivity index (χ1n) is 9.73. The number of hydrogen-bond donors (Lipinski definition) is 0. The van der Waals surface area contributed by atoms with Crippen LogP contribution in [0.4, 0.5) is 4.39 Å². The summed E-state index contributed by atoms with van der Waals surface area (Å²) in [7, 11) is 0. The van der Waals surface area contributed by atoms with Gasteiger partial charge in [0.1, 0.15) is 5.82 Å². The molecule has 2 heterocycles. The Morgan fingerprint density at radius 3 is 2.35 bits per heavy atom. The van der Waals surface area contributed by atoms with Gasteiger partial charge >= 0.3 is 0 Å². The summed E-state index contributed by atoms with van der Waals surface area (Å²) in [5.74, 6) is 0.940. The van der Waals surface area contributed by atoms with E-state index in [0.29, 0.717) is 24.9 Å². The van der Waals surface area contributed by atoms with Gasteiger partial charge in [-0.2, -0.15) is 0 Å². The number of nitrogens with zero attached hydrogens (tertiary/aromatic N) is 2. The molecular weight excluding hydrogens is 331 g/mol. The van der Waals surface area contributed by atoms with E-state index >= 15 is 0 Å². The van der Waals surface area contributed by atoms with Crippen molar-refractivity contribution < 1.29 is 14.0 Å². The highest BCUT2D eigenvalue weighted by Gasteiger charge is 2.33. The minimum atomic E-state index is -0.296. The molecule has 1 aromatic rings. The molecule has 5 heteroatoms. The van der Waals surface area contributed by atoms with Gasteiger partial charge in [0, 0.05) is 26.2 Å². The number of piperidine rings is 2. The zero-order chi connectivity index (χ0) is 18.7. The van der Waals surface area contributed by atoms with Crippen LogP contribution in [0.15, 0.2) is 24.3 Å². The van der Waals surface area contributed by atoms with Crippen molar-refractivity contribution in [2.45, 2.75) is 39.5 Å². The monoisotopic (exact) mass is 360 g/mol. The summed E-state index contributed by atoms with van der Waals surface area (Å²) in [6, 6.07) is 6.06. The first kappa shape index (κ1) is 18.9. The first-order chi connectivity index (χ1) is 12.4. The molecule has 0 N–H and O–H groups in total. The number of amides is 2. The summed E-state index contributed by atoms with van der Waals surface area (Å²) in [6.45, 7) is 7.30. The van der Waals surface area contributed by atoms with Crippen LogP contribution in [0.1, 0.15) is 38.7 Å². The Kier molecular flexibility index (Phi) is 5.94. The third-order valence-corrected chi connectivity index (χ3v) is 5.57. The van der Waals surface area contributed by atoms with Crippen LogP contribution < -0.4 is 0 Å². The molecule has 2 saturated heterocycles. The highest BCUT2D eigenvalue weighted by Crippen LogP contribution is 2.25. The zero-order valence-corrected chi connectivity index (χ0v) is 15.8. The number of halogens is 1. The van der Waals surface area contributed by atoms with E-state index < -0.39 is 0 Å². The van der Waals surface area contributed by atoms with Crippen LogP contribution in [-0.4, -0.2) is 47.8 Å². The van der Waals surface area contributed by atoms with Crippen molar-refractivity contribution in [3.63, 3.8) is 0 Å². The Bertz CT molecular complexity index is 636. The second-order valence-electron chi connectivity index (χ2n) is 8.17. The molecule has 0 spiro atoms. The van der Waals surface area contributed by atoms with Crippen molar-refractivity contribution in [2.24, 2.45) is 17.8 Å². The van der Waals surface area contributed by atoms with E-state index in [4.69, 9.17) is 0 Å². The Hall–Kier alpha value is -1.91. The molecular formula is C21H29FN2O2. The van der Waals surface area contributed by atoms with E-state index in [0.717, 1.165) is 31.5 Å². The van der Waals surface area contributed by atoms with Gasteiger partial charge in [0.25, 0.3) is 0 Å². The van der Waals surface area contributed by atoms with Crippen LogP contribution in [0.2, 0.25) is 0 Å². The second kappa shape index (κ2) is 8.19. The van der Waals surface area contributed by atoms with Gasteiger partial charge in [0.15, 0.2) is 0 Å². The molecule has 2 aliphatic rings. The van der Waals surface area contributed by atoms with Gasteiger partial charge in [-0.15, -0.1) is 0 Å². The SMILES string of the molecule is CC1CC(C)CN(C(=O)C2CCCN(C(=O)Cc3ccc(F)cc3)C2)C1. The van der Waals surface area contributed by atoms with Gasteiger partial charge in [-0.25, -0.2) is 4.39 Å². The lowest BCUT2D eigenvalue weighted by Gasteiger charge is -2.39. The van der Waals surface area contributed by atoms with Crippen LogP contribution in [0.5, 0.6) is 0 Å². The minimum absolute atomic E-state index is 0.0227. The smallest absolute Gasteiger partial charge is 0.227 e. The van der Waals surface area contributed by atoms with E-state index in [1.54, 1.807) is 12.1 Å². The lowest BCUT2D eigenvalue weighted by atomic mass is 9.89. The maximum absolute atomic E-state index is 13.0. The highest BCUT2D eigenvalue weighted by molar-refractivity contribution is 5.82. The standard InChI is InChI=1S/C21H29FN2O2/c1-15-10-16(2)13-24(12-15)21(26)18-4-3-9-23(14-18)20(25)11-17-5-7-19(22)8-6-17/h5-8,15-16,18H,3-4,9-14H2,1-2H3. The second-order valence-corrected chi connectivity index (χ2v) is 8.17.